The third-order valence-corrected chi connectivity index (χ3v) is 4.74. The summed E-state index contributed by atoms with van der Waals surface area (Å²) in [6.07, 6.45) is 6.70. The van der Waals surface area contributed by atoms with E-state index in [0.717, 1.165) is 11.2 Å². The Morgan fingerprint density at radius 3 is 2.62 bits per heavy atom. The molecule has 0 bridgehead atoms. The van der Waals surface area contributed by atoms with Crippen molar-refractivity contribution in [1.82, 2.24) is 0 Å². The zero-order chi connectivity index (χ0) is 9.68. The summed E-state index contributed by atoms with van der Waals surface area (Å²) in [5.74, 6) is 2.09. The second-order valence-corrected chi connectivity index (χ2v) is 5.56. The van der Waals surface area contributed by atoms with Crippen molar-refractivity contribution in [2.45, 2.75) is 57.2 Å². The molecule has 1 nitrogen and oxygen atoms in total. The predicted octanol–water partition coefficient (Wildman–Crippen LogP) is 3.04. The second-order valence-electron chi connectivity index (χ2n) is 4.22. The largest absolute Gasteiger partial charge is 0.327 e. The van der Waals surface area contributed by atoms with Gasteiger partial charge in [-0.15, -0.1) is 0 Å². The Morgan fingerprint density at radius 2 is 2.08 bits per heavy atom. The first-order valence-electron chi connectivity index (χ1n) is 5.63. The first-order chi connectivity index (χ1) is 6.25. The van der Waals surface area contributed by atoms with Crippen molar-refractivity contribution in [3.05, 3.63) is 0 Å². The zero-order valence-electron chi connectivity index (χ0n) is 8.96. The van der Waals surface area contributed by atoms with Crippen molar-refractivity contribution in [3.8, 4) is 0 Å². The molecule has 3 atom stereocenters. The molecule has 2 N–H and O–H groups in total. The molecule has 0 aliphatic heterocycles. The lowest BCUT2D eigenvalue weighted by atomic mass is 10.1. The van der Waals surface area contributed by atoms with Crippen LogP contribution in [0.25, 0.3) is 0 Å². The summed E-state index contributed by atoms with van der Waals surface area (Å²) in [5, 5.41) is 0.854. The fourth-order valence-corrected chi connectivity index (χ4v) is 3.46. The van der Waals surface area contributed by atoms with Gasteiger partial charge < -0.3 is 5.73 Å². The standard InChI is InChI=1S/C11H23NS/c1-3-4-5-8-13-11-7-6-10(12)9(11)2/h9-11H,3-8,12H2,1-2H3. The Bertz CT molecular complexity index is 138. The number of rotatable bonds is 5. The minimum absolute atomic E-state index is 0.476. The molecule has 0 heterocycles. The second kappa shape index (κ2) is 5.92. The average molecular weight is 201 g/mol. The SMILES string of the molecule is CCCCCSC1CCC(N)C1C. The number of thioether (sulfide) groups is 1. The molecule has 1 rings (SSSR count). The van der Waals surface area contributed by atoms with E-state index in [1.165, 1.54) is 37.9 Å². The lowest BCUT2D eigenvalue weighted by Crippen LogP contribution is -2.26. The molecule has 1 saturated carbocycles. The summed E-state index contributed by atoms with van der Waals surface area (Å²) in [6, 6.07) is 0.476. The van der Waals surface area contributed by atoms with Crippen LogP contribution in [0.1, 0.15) is 46.0 Å². The van der Waals surface area contributed by atoms with Crippen LogP contribution in [-0.4, -0.2) is 17.0 Å². The molecule has 0 aromatic heterocycles. The summed E-state index contributed by atoms with van der Waals surface area (Å²) in [7, 11) is 0. The molecule has 1 fully saturated rings. The van der Waals surface area contributed by atoms with E-state index in [1.807, 2.05) is 0 Å². The molecule has 0 radical (unpaired) electrons. The van der Waals surface area contributed by atoms with Crippen LogP contribution >= 0.6 is 11.8 Å². The lowest BCUT2D eigenvalue weighted by Gasteiger charge is -2.17. The summed E-state index contributed by atoms with van der Waals surface area (Å²) < 4.78 is 0. The monoisotopic (exact) mass is 201 g/mol. The summed E-state index contributed by atoms with van der Waals surface area (Å²) in [5.41, 5.74) is 5.99. The Labute approximate surface area is 86.8 Å². The Hall–Kier alpha value is 0.310. The lowest BCUT2D eigenvalue weighted by molar-refractivity contribution is 0.535. The van der Waals surface area contributed by atoms with Crippen LogP contribution < -0.4 is 5.73 Å². The summed E-state index contributed by atoms with van der Waals surface area (Å²) >= 11 is 2.16. The fourth-order valence-electron chi connectivity index (χ4n) is 1.98. The third-order valence-electron chi connectivity index (χ3n) is 3.13. The molecule has 0 amide bonds. The van der Waals surface area contributed by atoms with E-state index < -0.39 is 0 Å². The number of hydrogen-bond donors (Lipinski definition) is 1. The maximum Gasteiger partial charge on any atom is 0.00880 e. The molecule has 0 aromatic carbocycles. The van der Waals surface area contributed by atoms with Crippen molar-refractivity contribution in [2.24, 2.45) is 11.7 Å². The van der Waals surface area contributed by atoms with Crippen molar-refractivity contribution < 1.29 is 0 Å². The molecule has 0 spiro atoms. The fraction of sp³-hybridized carbons (Fsp3) is 1.00. The van der Waals surface area contributed by atoms with Gasteiger partial charge in [-0.1, -0.05) is 26.7 Å². The van der Waals surface area contributed by atoms with Crippen LogP contribution in [0.5, 0.6) is 0 Å². The van der Waals surface area contributed by atoms with Gasteiger partial charge in [0.05, 0.1) is 0 Å². The van der Waals surface area contributed by atoms with Gasteiger partial charge in [-0.25, -0.2) is 0 Å². The molecule has 78 valence electrons. The first-order valence-corrected chi connectivity index (χ1v) is 6.67. The van der Waals surface area contributed by atoms with E-state index >= 15 is 0 Å². The molecule has 3 unspecified atom stereocenters. The van der Waals surface area contributed by atoms with Crippen LogP contribution in [0.15, 0.2) is 0 Å². The van der Waals surface area contributed by atoms with Gasteiger partial charge in [-0.2, -0.15) is 11.8 Å². The van der Waals surface area contributed by atoms with Crippen LogP contribution in [0.4, 0.5) is 0 Å². The first kappa shape index (κ1) is 11.4. The molecule has 2 heteroatoms. The van der Waals surface area contributed by atoms with Gasteiger partial charge in [0, 0.05) is 11.3 Å². The van der Waals surface area contributed by atoms with Crippen LogP contribution in [-0.2, 0) is 0 Å². The van der Waals surface area contributed by atoms with Crippen molar-refractivity contribution >= 4 is 11.8 Å². The summed E-state index contributed by atoms with van der Waals surface area (Å²) in [6.45, 7) is 4.58. The Balaban J connectivity index is 2.08. The minimum atomic E-state index is 0.476. The van der Waals surface area contributed by atoms with E-state index in [0.29, 0.717) is 6.04 Å². The van der Waals surface area contributed by atoms with Crippen LogP contribution in [0.3, 0.4) is 0 Å². The van der Waals surface area contributed by atoms with Crippen molar-refractivity contribution in [3.63, 3.8) is 0 Å². The topological polar surface area (TPSA) is 26.0 Å². The van der Waals surface area contributed by atoms with E-state index in [2.05, 4.69) is 25.6 Å². The Morgan fingerprint density at radius 1 is 1.31 bits per heavy atom. The normalized spacial score (nSPS) is 33.9. The van der Waals surface area contributed by atoms with Gasteiger partial charge in [0.15, 0.2) is 0 Å². The van der Waals surface area contributed by atoms with Gasteiger partial charge >= 0.3 is 0 Å². The van der Waals surface area contributed by atoms with Crippen molar-refractivity contribution in [2.75, 3.05) is 5.75 Å². The van der Waals surface area contributed by atoms with Gasteiger partial charge in [-0.3, -0.25) is 0 Å². The van der Waals surface area contributed by atoms with E-state index in [1.54, 1.807) is 0 Å². The highest BCUT2D eigenvalue weighted by atomic mass is 32.2. The van der Waals surface area contributed by atoms with E-state index in [9.17, 15) is 0 Å². The quantitative estimate of drug-likeness (QED) is 0.692. The smallest absolute Gasteiger partial charge is 0.00880 e. The molecular formula is C11H23NS. The van der Waals surface area contributed by atoms with Gasteiger partial charge in [0.2, 0.25) is 0 Å². The van der Waals surface area contributed by atoms with Gasteiger partial charge in [-0.05, 0) is 30.9 Å². The zero-order valence-corrected chi connectivity index (χ0v) is 9.78. The van der Waals surface area contributed by atoms with Crippen LogP contribution in [0, 0.1) is 5.92 Å². The molecular weight excluding hydrogens is 178 g/mol. The highest BCUT2D eigenvalue weighted by Crippen LogP contribution is 2.34. The minimum Gasteiger partial charge on any atom is -0.327 e. The predicted molar refractivity (Wildman–Crippen MR) is 62.1 cm³/mol. The number of hydrogen-bond acceptors (Lipinski definition) is 2. The summed E-state index contributed by atoms with van der Waals surface area (Å²) in [4.78, 5) is 0. The van der Waals surface area contributed by atoms with Gasteiger partial charge in [0.1, 0.15) is 0 Å². The molecule has 13 heavy (non-hydrogen) atoms. The number of nitrogens with two attached hydrogens (primary N) is 1. The van der Waals surface area contributed by atoms with E-state index in [4.69, 9.17) is 5.73 Å². The van der Waals surface area contributed by atoms with Crippen molar-refractivity contribution in [1.29, 1.82) is 0 Å². The third kappa shape index (κ3) is 3.51. The maximum absolute atomic E-state index is 5.99. The maximum atomic E-state index is 5.99. The van der Waals surface area contributed by atoms with E-state index in [-0.39, 0.29) is 0 Å². The Kier molecular flexibility index (Phi) is 5.18. The molecule has 1 aliphatic rings. The average Bonchev–Trinajstić information content (AvgIpc) is 2.43. The highest BCUT2D eigenvalue weighted by Gasteiger charge is 2.29. The molecule has 0 saturated heterocycles. The highest BCUT2D eigenvalue weighted by molar-refractivity contribution is 7.99. The molecule has 0 aromatic rings. The number of unbranched alkanes of at least 4 members (excludes halogenated alkanes) is 2. The molecule has 1 aliphatic carbocycles. The van der Waals surface area contributed by atoms with Gasteiger partial charge in [0.25, 0.3) is 0 Å². The van der Waals surface area contributed by atoms with Crippen LogP contribution in [0.2, 0.25) is 0 Å².